The molecule has 0 saturated carbocycles. The van der Waals surface area contributed by atoms with Crippen LogP contribution in [0.5, 0.6) is 0 Å². The summed E-state index contributed by atoms with van der Waals surface area (Å²) in [5, 5.41) is 9.82. The highest BCUT2D eigenvalue weighted by Gasteiger charge is 2.19. The maximum absolute atomic E-state index is 11.9. The number of carbonyl (C=O) groups excluding carboxylic acids is 3. The Hall–Kier alpha value is -2.96. The monoisotopic (exact) mass is 304 g/mol. The van der Waals surface area contributed by atoms with Crippen LogP contribution in [-0.4, -0.2) is 35.7 Å². The highest BCUT2D eigenvalue weighted by atomic mass is 16.5. The van der Waals surface area contributed by atoms with Gasteiger partial charge in [-0.1, -0.05) is 18.2 Å². The molecular weight excluding hydrogens is 288 g/mol. The second-order valence-electron chi connectivity index (χ2n) is 4.30. The molecule has 0 aliphatic heterocycles. The summed E-state index contributed by atoms with van der Waals surface area (Å²) in [6.07, 6.45) is -0.541. The normalized spacial score (nSPS) is 12.4. The topological polar surface area (TPSA) is 119 Å². The molecule has 0 aromatic heterocycles. The smallest absolute Gasteiger partial charge is 0.313 e. The number of nitrogens with zero attached hydrogens (tertiary/aromatic N) is 1. The van der Waals surface area contributed by atoms with Gasteiger partial charge in [0.25, 0.3) is 5.91 Å². The molecule has 0 fully saturated rings. The Morgan fingerprint density at radius 3 is 2.32 bits per heavy atom. The summed E-state index contributed by atoms with van der Waals surface area (Å²) < 4.78 is 4.39. The number of methoxy groups -OCH3 is 1. The van der Waals surface area contributed by atoms with Crippen LogP contribution >= 0.6 is 0 Å². The Bertz CT molecular complexity index is 647. The van der Waals surface area contributed by atoms with Gasteiger partial charge in [-0.05, 0) is 19.1 Å². The Kier molecular flexibility index (Phi) is 6.00. The molecule has 1 aromatic carbocycles. The summed E-state index contributed by atoms with van der Waals surface area (Å²) in [4.78, 5) is 38.2. The number of hydrogen-bond donors (Lipinski definition) is 2. The number of Topliss-reactive ketones (excluding diaryl/α,β-unsaturated/α-hetero) is 1. The van der Waals surface area contributed by atoms with Crippen LogP contribution in [0.15, 0.2) is 46.7 Å². The van der Waals surface area contributed by atoms with Crippen molar-refractivity contribution in [2.75, 3.05) is 7.11 Å². The first-order chi connectivity index (χ1) is 10.4. The fourth-order valence-corrected chi connectivity index (χ4v) is 1.64. The fourth-order valence-electron chi connectivity index (χ4n) is 1.64. The molecule has 1 amide bonds. The molecule has 1 rings (SSSR count). The van der Waals surface area contributed by atoms with Crippen LogP contribution in [0.3, 0.4) is 0 Å². The second-order valence-corrected chi connectivity index (χ2v) is 4.30. The van der Waals surface area contributed by atoms with Crippen LogP contribution < -0.4 is 5.73 Å². The lowest BCUT2D eigenvalue weighted by molar-refractivity contribution is -0.140. The summed E-state index contributed by atoms with van der Waals surface area (Å²) in [5.74, 6) is -3.09. The number of amides is 1. The molecule has 7 heteroatoms. The summed E-state index contributed by atoms with van der Waals surface area (Å²) in [7, 11) is 1.14. The van der Waals surface area contributed by atoms with Crippen molar-refractivity contribution in [1.82, 2.24) is 0 Å². The molecule has 0 spiro atoms. The van der Waals surface area contributed by atoms with Crippen LogP contribution in [0, 0.1) is 0 Å². The zero-order valence-corrected chi connectivity index (χ0v) is 12.2. The lowest BCUT2D eigenvalue weighted by Gasteiger charge is -2.07. The molecule has 0 saturated heterocycles. The molecule has 0 aliphatic rings. The maximum Gasteiger partial charge on any atom is 0.313 e. The van der Waals surface area contributed by atoms with E-state index in [2.05, 4.69) is 9.73 Å². The van der Waals surface area contributed by atoms with Gasteiger partial charge in [-0.2, -0.15) is 4.99 Å². The van der Waals surface area contributed by atoms with Gasteiger partial charge in [-0.15, -0.1) is 0 Å². The first-order valence-electron chi connectivity index (χ1n) is 6.30. The van der Waals surface area contributed by atoms with Crippen molar-refractivity contribution in [3.63, 3.8) is 0 Å². The third kappa shape index (κ3) is 4.55. The van der Waals surface area contributed by atoms with E-state index >= 15 is 0 Å². The van der Waals surface area contributed by atoms with Crippen LogP contribution in [-0.2, 0) is 14.3 Å². The van der Waals surface area contributed by atoms with E-state index < -0.39 is 35.7 Å². The summed E-state index contributed by atoms with van der Waals surface area (Å²) in [6.45, 7) is 1.14. The predicted molar refractivity (Wildman–Crippen MR) is 79.4 cm³/mol. The van der Waals surface area contributed by atoms with Crippen molar-refractivity contribution < 1.29 is 24.2 Å². The lowest BCUT2D eigenvalue weighted by Crippen LogP contribution is -2.24. The van der Waals surface area contributed by atoms with Crippen molar-refractivity contribution in [2.24, 2.45) is 10.7 Å². The third-order valence-corrected chi connectivity index (χ3v) is 2.68. The highest BCUT2D eigenvalue weighted by molar-refractivity contribution is 6.23. The molecule has 0 unspecified atom stereocenters. The minimum absolute atomic E-state index is 0.279. The Balaban J connectivity index is 3.13. The number of carbonyl (C=O) groups is 3. The van der Waals surface area contributed by atoms with Crippen molar-refractivity contribution in [2.45, 2.75) is 13.3 Å². The van der Waals surface area contributed by atoms with E-state index in [0.29, 0.717) is 0 Å². The minimum atomic E-state index is -0.751. The van der Waals surface area contributed by atoms with Gasteiger partial charge in [0.15, 0.2) is 5.78 Å². The molecule has 0 heterocycles. The Morgan fingerprint density at radius 2 is 1.82 bits per heavy atom. The number of ketones is 1. The summed E-state index contributed by atoms with van der Waals surface area (Å²) in [5.41, 5.74) is 5.51. The summed E-state index contributed by atoms with van der Waals surface area (Å²) in [6, 6.07) is 8.09. The van der Waals surface area contributed by atoms with E-state index in [-0.39, 0.29) is 11.1 Å². The maximum atomic E-state index is 11.9. The molecule has 0 radical (unpaired) electrons. The quantitative estimate of drug-likeness (QED) is 0.277. The molecule has 3 N–H and O–H groups in total. The van der Waals surface area contributed by atoms with E-state index in [0.717, 1.165) is 14.0 Å². The lowest BCUT2D eigenvalue weighted by atomic mass is 10.1. The third-order valence-electron chi connectivity index (χ3n) is 2.68. The van der Waals surface area contributed by atoms with Crippen molar-refractivity contribution in [1.29, 1.82) is 0 Å². The molecule has 22 heavy (non-hydrogen) atoms. The first kappa shape index (κ1) is 17.1. The average molecular weight is 304 g/mol. The van der Waals surface area contributed by atoms with E-state index in [1.54, 1.807) is 18.2 Å². The minimum Gasteiger partial charge on any atom is -0.511 e. The van der Waals surface area contributed by atoms with Crippen molar-refractivity contribution in [3.05, 3.63) is 47.2 Å². The molecule has 0 atom stereocenters. The number of benzene rings is 1. The number of aliphatic hydroxyl groups excluding tert-OH is 1. The SMILES string of the molecule is COC(=O)CC(O)=C(C(C)=O)C(N)=NC(=O)c1ccccc1. The van der Waals surface area contributed by atoms with Gasteiger partial charge >= 0.3 is 5.97 Å². The second kappa shape index (κ2) is 7.72. The standard InChI is InChI=1S/C15H16N2O5/c1-9(18)13(11(19)8-12(20)22-2)14(16)17-15(21)10-6-4-3-5-7-10/h3-7,19H,8H2,1-2H3,(H2,16,17,21). The van der Waals surface area contributed by atoms with E-state index in [9.17, 15) is 19.5 Å². The first-order valence-corrected chi connectivity index (χ1v) is 6.30. The van der Waals surface area contributed by atoms with E-state index in [1.165, 1.54) is 12.1 Å². The van der Waals surface area contributed by atoms with Gasteiger partial charge in [0.2, 0.25) is 0 Å². The van der Waals surface area contributed by atoms with Crippen molar-refractivity contribution in [3.8, 4) is 0 Å². The predicted octanol–water partition coefficient (Wildman–Crippen LogP) is 1.15. The zero-order valence-electron chi connectivity index (χ0n) is 12.2. The largest absolute Gasteiger partial charge is 0.511 e. The van der Waals surface area contributed by atoms with Crippen LogP contribution in [0.4, 0.5) is 0 Å². The van der Waals surface area contributed by atoms with Gasteiger partial charge < -0.3 is 15.6 Å². The van der Waals surface area contributed by atoms with Crippen LogP contribution in [0.25, 0.3) is 0 Å². The number of aliphatic imine (C=N–C) groups is 1. The number of hydrogen-bond acceptors (Lipinski definition) is 5. The molecule has 1 aromatic rings. The number of esters is 1. The van der Waals surface area contributed by atoms with Gasteiger partial charge in [-0.3, -0.25) is 14.4 Å². The van der Waals surface area contributed by atoms with Crippen LogP contribution in [0.2, 0.25) is 0 Å². The van der Waals surface area contributed by atoms with Gasteiger partial charge in [0.1, 0.15) is 18.0 Å². The Labute approximate surface area is 127 Å². The molecular formula is C15H16N2O5. The van der Waals surface area contributed by atoms with Gasteiger partial charge in [-0.25, -0.2) is 0 Å². The number of ether oxygens (including phenoxy) is 1. The number of aliphatic hydroxyl groups is 1. The number of rotatable bonds is 5. The Morgan fingerprint density at radius 1 is 1.23 bits per heavy atom. The number of amidine groups is 1. The average Bonchev–Trinajstić information content (AvgIpc) is 2.47. The van der Waals surface area contributed by atoms with Gasteiger partial charge in [0.05, 0.1) is 12.7 Å². The fraction of sp³-hybridized carbons (Fsp3) is 0.200. The van der Waals surface area contributed by atoms with Crippen molar-refractivity contribution >= 4 is 23.5 Å². The van der Waals surface area contributed by atoms with Gasteiger partial charge in [0, 0.05) is 5.56 Å². The summed E-state index contributed by atoms with van der Waals surface area (Å²) >= 11 is 0. The van der Waals surface area contributed by atoms with E-state index in [1.807, 2.05) is 0 Å². The molecule has 0 aliphatic carbocycles. The van der Waals surface area contributed by atoms with Crippen LogP contribution in [0.1, 0.15) is 23.7 Å². The molecule has 116 valence electrons. The number of nitrogens with two attached hydrogens (primary N) is 1. The van der Waals surface area contributed by atoms with E-state index in [4.69, 9.17) is 5.73 Å². The molecule has 7 nitrogen and oxygen atoms in total. The highest BCUT2D eigenvalue weighted by Crippen LogP contribution is 2.10. The zero-order chi connectivity index (χ0) is 16.7. The molecule has 0 bridgehead atoms.